The van der Waals surface area contributed by atoms with Crippen LogP contribution >= 0.6 is 11.3 Å². The first-order valence-corrected chi connectivity index (χ1v) is 12.8. The van der Waals surface area contributed by atoms with Crippen molar-refractivity contribution in [2.24, 2.45) is 4.99 Å². The molecule has 0 radical (unpaired) electrons. The van der Waals surface area contributed by atoms with Crippen molar-refractivity contribution in [2.75, 3.05) is 32.8 Å². The fourth-order valence-corrected chi connectivity index (χ4v) is 5.18. The molecule has 1 saturated heterocycles. The quantitative estimate of drug-likeness (QED) is 0.456. The van der Waals surface area contributed by atoms with E-state index in [-0.39, 0.29) is 31.7 Å². The van der Waals surface area contributed by atoms with Crippen LogP contribution in [0.1, 0.15) is 30.8 Å². The van der Waals surface area contributed by atoms with Gasteiger partial charge in [-0.05, 0) is 38.0 Å². The second kappa shape index (κ2) is 11.2. The van der Waals surface area contributed by atoms with E-state index in [1.807, 2.05) is 0 Å². The Morgan fingerprint density at radius 1 is 1.29 bits per heavy atom. The minimum absolute atomic E-state index is 0.0720. The Morgan fingerprint density at radius 3 is 2.63 bits per heavy atom. The Bertz CT molecular complexity index is 1240. The topological polar surface area (TPSA) is 113 Å². The largest absolute Gasteiger partial charge is 0.480 e. The molecule has 38 heavy (non-hydrogen) atoms. The molecule has 2 aliphatic rings. The number of esters is 1. The Labute approximate surface area is 221 Å². The van der Waals surface area contributed by atoms with Gasteiger partial charge >= 0.3 is 11.9 Å². The van der Waals surface area contributed by atoms with Gasteiger partial charge in [-0.2, -0.15) is 0 Å². The zero-order valence-electron chi connectivity index (χ0n) is 20.7. The van der Waals surface area contributed by atoms with E-state index in [0.29, 0.717) is 22.1 Å². The average molecular weight is 553 g/mol. The van der Waals surface area contributed by atoms with Gasteiger partial charge in [0.25, 0.3) is 5.92 Å². The fourth-order valence-electron chi connectivity index (χ4n) is 4.60. The molecule has 2 aliphatic heterocycles. The summed E-state index contributed by atoms with van der Waals surface area (Å²) in [4.78, 5) is 34.6. The number of aromatic nitrogens is 1. The number of rotatable bonds is 9. The fraction of sp³-hybridized carbons (Fsp3) is 0.440. The van der Waals surface area contributed by atoms with Crippen molar-refractivity contribution in [3.63, 3.8) is 0 Å². The van der Waals surface area contributed by atoms with Gasteiger partial charge in [0, 0.05) is 30.4 Å². The van der Waals surface area contributed by atoms with Gasteiger partial charge in [-0.3, -0.25) is 4.90 Å². The van der Waals surface area contributed by atoms with Crippen LogP contribution < -0.4 is 5.32 Å². The lowest BCUT2D eigenvalue weighted by Gasteiger charge is -2.40. The molecule has 204 valence electrons. The molecule has 0 amide bonds. The van der Waals surface area contributed by atoms with E-state index in [1.165, 1.54) is 40.5 Å². The highest BCUT2D eigenvalue weighted by atomic mass is 32.1. The smallest absolute Gasteiger partial charge is 0.338 e. The zero-order chi connectivity index (χ0) is 27.5. The molecule has 0 saturated carbocycles. The van der Waals surface area contributed by atoms with Crippen LogP contribution in [-0.4, -0.2) is 77.6 Å². The normalized spacial score (nSPS) is 23.5. The standard InChI is InChI=1S/C25H27F3N4O5S/c1-3-36-23(35)20-17(12-32-10-8-18(25(27,28)14-32)37-13-19(33)34)30-21(22-29-9-11-38-22)31-24(20,2)15-4-6-16(26)7-5-15/h4-7,9,11,18H,3,8,10,12-14H2,1-2H3,(H,30,31)(H,33,34)/t18?,24-/m1/s1. The number of hydrogen-bond donors (Lipinski definition) is 2. The summed E-state index contributed by atoms with van der Waals surface area (Å²) in [5.41, 5.74) is -0.427. The number of benzene rings is 1. The molecule has 4 rings (SSSR count). The first kappa shape index (κ1) is 27.7. The van der Waals surface area contributed by atoms with Gasteiger partial charge in [0.05, 0.1) is 18.7 Å². The molecule has 0 spiro atoms. The minimum Gasteiger partial charge on any atom is -0.480 e. The van der Waals surface area contributed by atoms with Crippen LogP contribution in [0.15, 0.2) is 52.1 Å². The third kappa shape index (κ3) is 5.89. The molecule has 2 N–H and O–H groups in total. The van der Waals surface area contributed by atoms with Crippen LogP contribution in [0.3, 0.4) is 0 Å². The SMILES string of the molecule is CCOC(=O)C1=C(CN2CCC(OCC(=O)O)C(F)(F)C2)NC(c2nccs2)=N[C@]1(C)c1ccc(F)cc1. The Hall–Kier alpha value is -3.29. The number of hydrogen-bond acceptors (Lipinski definition) is 9. The summed E-state index contributed by atoms with van der Waals surface area (Å²) in [6.07, 6.45) is -0.0542. The predicted octanol–water partition coefficient (Wildman–Crippen LogP) is 3.18. The third-order valence-corrected chi connectivity index (χ3v) is 7.10. The van der Waals surface area contributed by atoms with Crippen LogP contribution in [0.4, 0.5) is 13.2 Å². The number of ether oxygens (including phenoxy) is 2. The monoisotopic (exact) mass is 552 g/mol. The van der Waals surface area contributed by atoms with Crippen molar-refractivity contribution in [2.45, 2.75) is 37.8 Å². The Balaban J connectivity index is 1.73. The molecular formula is C25H27F3N4O5S. The number of piperidine rings is 1. The van der Waals surface area contributed by atoms with Crippen LogP contribution in [0, 0.1) is 5.82 Å². The van der Waals surface area contributed by atoms with Gasteiger partial charge in [0.2, 0.25) is 0 Å². The van der Waals surface area contributed by atoms with Crippen LogP contribution in [0.25, 0.3) is 0 Å². The van der Waals surface area contributed by atoms with Crippen molar-refractivity contribution >= 4 is 29.1 Å². The highest BCUT2D eigenvalue weighted by molar-refractivity contribution is 7.11. The molecule has 1 fully saturated rings. The average Bonchev–Trinajstić information content (AvgIpc) is 3.38. The van der Waals surface area contributed by atoms with Crippen molar-refractivity contribution < 1.29 is 37.3 Å². The van der Waals surface area contributed by atoms with Gasteiger partial charge < -0.3 is 19.9 Å². The lowest BCUT2D eigenvalue weighted by molar-refractivity contribution is -0.180. The van der Waals surface area contributed by atoms with E-state index >= 15 is 0 Å². The van der Waals surface area contributed by atoms with Crippen molar-refractivity contribution in [3.05, 3.63) is 63.5 Å². The lowest BCUT2D eigenvalue weighted by atomic mass is 9.82. The van der Waals surface area contributed by atoms with Gasteiger partial charge in [-0.15, -0.1) is 11.3 Å². The molecule has 0 bridgehead atoms. The van der Waals surface area contributed by atoms with E-state index < -0.39 is 48.5 Å². The molecular weight excluding hydrogens is 525 g/mol. The molecule has 13 heteroatoms. The number of carbonyl (C=O) groups is 2. The van der Waals surface area contributed by atoms with Gasteiger partial charge in [0.1, 0.15) is 24.1 Å². The number of carbonyl (C=O) groups excluding carboxylic acids is 1. The minimum atomic E-state index is -3.32. The van der Waals surface area contributed by atoms with E-state index in [9.17, 15) is 22.8 Å². The van der Waals surface area contributed by atoms with Gasteiger partial charge in [-0.25, -0.2) is 32.7 Å². The molecule has 1 aromatic heterocycles. The number of halogens is 3. The lowest BCUT2D eigenvalue weighted by Crippen LogP contribution is -2.54. The Kier molecular flexibility index (Phi) is 8.19. The summed E-state index contributed by atoms with van der Waals surface area (Å²) in [5, 5.41) is 14.2. The number of amidine groups is 1. The highest BCUT2D eigenvalue weighted by Gasteiger charge is 2.47. The summed E-state index contributed by atoms with van der Waals surface area (Å²) < 4.78 is 53.8. The summed E-state index contributed by atoms with van der Waals surface area (Å²) in [6, 6.07) is 5.54. The van der Waals surface area contributed by atoms with Crippen LogP contribution in [-0.2, 0) is 24.6 Å². The number of thiazole rings is 1. The zero-order valence-corrected chi connectivity index (χ0v) is 21.6. The van der Waals surface area contributed by atoms with Gasteiger partial charge in [-0.1, -0.05) is 12.1 Å². The molecule has 2 aromatic rings. The van der Waals surface area contributed by atoms with Crippen molar-refractivity contribution in [1.29, 1.82) is 0 Å². The molecule has 9 nitrogen and oxygen atoms in total. The second-order valence-corrected chi connectivity index (χ2v) is 9.92. The summed E-state index contributed by atoms with van der Waals surface area (Å²) in [7, 11) is 0. The van der Waals surface area contributed by atoms with E-state index in [0.717, 1.165) is 0 Å². The van der Waals surface area contributed by atoms with Gasteiger partial charge in [0.15, 0.2) is 10.8 Å². The molecule has 0 aliphatic carbocycles. The second-order valence-electron chi connectivity index (χ2n) is 9.03. The number of likely N-dealkylation sites (tertiary alicyclic amines) is 1. The number of nitrogens with zero attached hydrogens (tertiary/aromatic N) is 3. The van der Waals surface area contributed by atoms with Crippen molar-refractivity contribution in [1.82, 2.24) is 15.2 Å². The van der Waals surface area contributed by atoms with E-state index in [4.69, 9.17) is 19.6 Å². The summed E-state index contributed by atoms with van der Waals surface area (Å²) in [5.74, 6) is -5.46. The summed E-state index contributed by atoms with van der Waals surface area (Å²) >= 11 is 1.30. The first-order chi connectivity index (χ1) is 18.0. The van der Waals surface area contributed by atoms with Crippen LogP contribution in [0.5, 0.6) is 0 Å². The predicted molar refractivity (Wildman–Crippen MR) is 133 cm³/mol. The number of carboxylic acids is 1. The molecule has 2 atom stereocenters. The highest BCUT2D eigenvalue weighted by Crippen LogP contribution is 2.40. The maximum Gasteiger partial charge on any atom is 0.338 e. The number of aliphatic imine (C=N–C) groups is 1. The summed E-state index contributed by atoms with van der Waals surface area (Å²) in [6.45, 7) is 1.95. The van der Waals surface area contributed by atoms with E-state index in [2.05, 4.69) is 10.3 Å². The molecule has 3 heterocycles. The molecule has 1 unspecified atom stereocenters. The van der Waals surface area contributed by atoms with E-state index in [1.54, 1.807) is 25.4 Å². The number of nitrogens with one attached hydrogen (secondary N) is 1. The maximum absolute atomic E-state index is 14.9. The number of aliphatic carboxylic acids is 1. The van der Waals surface area contributed by atoms with Crippen LogP contribution in [0.2, 0.25) is 0 Å². The number of carboxylic acid groups (broad SMARTS) is 1. The Morgan fingerprint density at radius 2 is 2.03 bits per heavy atom. The molecule has 1 aromatic carbocycles. The maximum atomic E-state index is 14.9. The first-order valence-electron chi connectivity index (χ1n) is 11.9. The van der Waals surface area contributed by atoms with Crippen molar-refractivity contribution in [3.8, 4) is 0 Å². The number of alkyl halides is 2. The third-order valence-electron chi connectivity index (χ3n) is 6.32.